The molecule has 7 heteroatoms. The molecular formula is C20H29N3O4. The molecule has 7 nitrogen and oxygen atoms in total. The molecule has 0 aliphatic carbocycles. The van der Waals surface area contributed by atoms with Crippen LogP contribution in [0.5, 0.6) is 11.5 Å². The van der Waals surface area contributed by atoms with E-state index in [0.29, 0.717) is 19.6 Å². The van der Waals surface area contributed by atoms with Gasteiger partial charge >= 0.3 is 0 Å². The second kappa shape index (κ2) is 9.08. The van der Waals surface area contributed by atoms with Crippen LogP contribution in [0.3, 0.4) is 0 Å². The number of hydrogen-bond donors (Lipinski definition) is 1. The zero-order valence-corrected chi connectivity index (χ0v) is 16.2. The fourth-order valence-electron chi connectivity index (χ4n) is 3.81. The molecule has 0 bridgehead atoms. The van der Waals surface area contributed by atoms with Gasteiger partial charge in [-0.15, -0.1) is 0 Å². The minimum absolute atomic E-state index is 0.0703. The zero-order chi connectivity index (χ0) is 19.2. The van der Waals surface area contributed by atoms with Crippen molar-refractivity contribution >= 4 is 11.8 Å². The molecule has 1 atom stereocenters. The summed E-state index contributed by atoms with van der Waals surface area (Å²) in [6, 6.07) is 5.23. The number of ether oxygens (including phenoxy) is 2. The number of hydrogen-bond acceptors (Lipinski definition) is 5. The Balaban J connectivity index is 1.72. The third kappa shape index (κ3) is 4.71. The molecule has 1 aromatic carbocycles. The Bertz CT molecular complexity index is 673. The van der Waals surface area contributed by atoms with E-state index in [-0.39, 0.29) is 18.2 Å². The van der Waals surface area contributed by atoms with Crippen LogP contribution in [0.1, 0.15) is 31.2 Å². The van der Waals surface area contributed by atoms with Gasteiger partial charge in [0.2, 0.25) is 11.8 Å². The van der Waals surface area contributed by atoms with Gasteiger partial charge in [-0.1, -0.05) is 6.07 Å². The van der Waals surface area contributed by atoms with Crippen LogP contribution in [0, 0.1) is 0 Å². The maximum Gasteiger partial charge on any atom is 0.237 e. The van der Waals surface area contributed by atoms with Crippen LogP contribution in [0.4, 0.5) is 0 Å². The lowest BCUT2D eigenvalue weighted by molar-refractivity contribution is -0.139. The second-order valence-electron chi connectivity index (χ2n) is 7.10. The first kappa shape index (κ1) is 19.5. The molecule has 3 rings (SSSR count). The molecule has 2 aliphatic rings. The van der Waals surface area contributed by atoms with Crippen molar-refractivity contribution in [2.24, 2.45) is 0 Å². The van der Waals surface area contributed by atoms with Crippen LogP contribution in [-0.2, 0) is 16.1 Å². The molecule has 2 aliphatic heterocycles. The summed E-state index contributed by atoms with van der Waals surface area (Å²) < 4.78 is 10.7. The van der Waals surface area contributed by atoms with Crippen LogP contribution in [0.25, 0.3) is 0 Å². The van der Waals surface area contributed by atoms with Gasteiger partial charge in [-0.2, -0.15) is 0 Å². The first-order valence-electron chi connectivity index (χ1n) is 9.63. The van der Waals surface area contributed by atoms with Crippen LogP contribution >= 0.6 is 0 Å². The molecule has 1 N–H and O–H groups in total. The minimum Gasteiger partial charge on any atom is -0.497 e. The molecule has 0 aromatic heterocycles. The largest absolute Gasteiger partial charge is 0.497 e. The summed E-state index contributed by atoms with van der Waals surface area (Å²) in [4.78, 5) is 29.2. The van der Waals surface area contributed by atoms with E-state index in [1.165, 1.54) is 6.42 Å². The monoisotopic (exact) mass is 375 g/mol. The highest BCUT2D eigenvalue weighted by Gasteiger charge is 2.33. The van der Waals surface area contributed by atoms with Gasteiger partial charge in [0.25, 0.3) is 0 Å². The lowest BCUT2D eigenvalue weighted by Gasteiger charge is -2.36. The quantitative estimate of drug-likeness (QED) is 0.814. The molecule has 0 saturated carbocycles. The van der Waals surface area contributed by atoms with Gasteiger partial charge in [0, 0.05) is 44.4 Å². The number of nitrogens with one attached hydrogen (secondary N) is 1. The Kier molecular flexibility index (Phi) is 6.55. The summed E-state index contributed by atoms with van der Waals surface area (Å²) >= 11 is 0. The maximum absolute atomic E-state index is 12.7. The van der Waals surface area contributed by atoms with E-state index in [2.05, 4.69) is 10.2 Å². The predicted molar refractivity (Wildman–Crippen MR) is 102 cm³/mol. The summed E-state index contributed by atoms with van der Waals surface area (Å²) in [6.45, 7) is 3.46. The Hall–Kier alpha value is -2.28. The van der Waals surface area contributed by atoms with Crippen LogP contribution in [-0.4, -0.2) is 68.1 Å². The second-order valence-corrected chi connectivity index (χ2v) is 7.10. The van der Waals surface area contributed by atoms with E-state index in [1.54, 1.807) is 14.2 Å². The first-order valence-corrected chi connectivity index (χ1v) is 9.63. The molecule has 2 heterocycles. The topological polar surface area (TPSA) is 71.1 Å². The molecule has 1 aromatic rings. The van der Waals surface area contributed by atoms with Crippen LogP contribution in [0.15, 0.2) is 18.2 Å². The number of amides is 2. The Morgan fingerprint density at radius 2 is 1.93 bits per heavy atom. The SMILES string of the molecule is COc1ccc(CN2CCNC(=O)[C@@H]2CC(=O)N2CCCCC2)c(OC)c1. The van der Waals surface area contributed by atoms with E-state index < -0.39 is 6.04 Å². The van der Waals surface area contributed by atoms with E-state index in [1.807, 2.05) is 23.1 Å². The Morgan fingerprint density at radius 1 is 1.15 bits per heavy atom. The number of methoxy groups -OCH3 is 2. The number of rotatable bonds is 6. The molecular weight excluding hydrogens is 346 g/mol. The van der Waals surface area contributed by atoms with E-state index in [0.717, 1.165) is 43.0 Å². The minimum atomic E-state index is -0.444. The number of benzene rings is 1. The lowest BCUT2D eigenvalue weighted by atomic mass is 10.0. The van der Waals surface area contributed by atoms with E-state index in [4.69, 9.17) is 9.47 Å². The predicted octanol–water partition coefficient (Wildman–Crippen LogP) is 1.41. The average Bonchev–Trinajstić information content (AvgIpc) is 2.71. The highest BCUT2D eigenvalue weighted by Crippen LogP contribution is 2.27. The van der Waals surface area contributed by atoms with Crippen molar-refractivity contribution in [1.29, 1.82) is 0 Å². The zero-order valence-electron chi connectivity index (χ0n) is 16.2. The number of nitrogens with zero attached hydrogens (tertiary/aromatic N) is 2. The van der Waals surface area contributed by atoms with Crippen LogP contribution < -0.4 is 14.8 Å². The molecule has 27 heavy (non-hydrogen) atoms. The number of carbonyl (C=O) groups excluding carboxylic acids is 2. The molecule has 0 unspecified atom stereocenters. The Morgan fingerprint density at radius 3 is 2.63 bits per heavy atom. The smallest absolute Gasteiger partial charge is 0.237 e. The van der Waals surface area contributed by atoms with Gasteiger partial charge in [-0.25, -0.2) is 0 Å². The highest BCUT2D eigenvalue weighted by atomic mass is 16.5. The molecule has 0 radical (unpaired) electrons. The normalized spacial score (nSPS) is 20.9. The summed E-state index contributed by atoms with van der Waals surface area (Å²) in [7, 11) is 3.24. The van der Waals surface area contributed by atoms with Gasteiger partial charge in [0.05, 0.1) is 26.7 Å². The average molecular weight is 375 g/mol. The van der Waals surface area contributed by atoms with E-state index in [9.17, 15) is 9.59 Å². The molecule has 148 valence electrons. The summed E-state index contributed by atoms with van der Waals surface area (Å²) in [5.74, 6) is 1.45. The third-order valence-corrected chi connectivity index (χ3v) is 5.39. The summed E-state index contributed by atoms with van der Waals surface area (Å²) in [6.07, 6.45) is 3.51. The van der Waals surface area contributed by atoms with Crippen molar-refractivity contribution in [2.45, 2.75) is 38.3 Å². The van der Waals surface area contributed by atoms with Gasteiger partial charge < -0.3 is 19.7 Å². The lowest BCUT2D eigenvalue weighted by Crippen LogP contribution is -2.56. The van der Waals surface area contributed by atoms with E-state index >= 15 is 0 Å². The van der Waals surface area contributed by atoms with Gasteiger partial charge in [0.1, 0.15) is 11.5 Å². The number of piperidine rings is 1. The van der Waals surface area contributed by atoms with Gasteiger partial charge in [-0.3, -0.25) is 14.5 Å². The van der Waals surface area contributed by atoms with Crippen molar-refractivity contribution in [3.05, 3.63) is 23.8 Å². The highest BCUT2D eigenvalue weighted by molar-refractivity contribution is 5.88. The van der Waals surface area contributed by atoms with Crippen molar-refractivity contribution in [2.75, 3.05) is 40.4 Å². The summed E-state index contributed by atoms with van der Waals surface area (Å²) in [5.41, 5.74) is 0.975. The summed E-state index contributed by atoms with van der Waals surface area (Å²) in [5, 5.41) is 2.90. The fraction of sp³-hybridized carbons (Fsp3) is 0.600. The molecule has 2 saturated heterocycles. The third-order valence-electron chi connectivity index (χ3n) is 5.39. The van der Waals surface area contributed by atoms with Crippen molar-refractivity contribution < 1.29 is 19.1 Å². The maximum atomic E-state index is 12.7. The van der Waals surface area contributed by atoms with Crippen LogP contribution in [0.2, 0.25) is 0 Å². The van der Waals surface area contributed by atoms with Crippen molar-refractivity contribution in [3.63, 3.8) is 0 Å². The Labute approximate surface area is 160 Å². The number of likely N-dealkylation sites (tertiary alicyclic amines) is 1. The van der Waals surface area contributed by atoms with Gasteiger partial charge in [-0.05, 0) is 25.3 Å². The molecule has 2 fully saturated rings. The van der Waals surface area contributed by atoms with Gasteiger partial charge in [0.15, 0.2) is 0 Å². The van der Waals surface area contributed by atoms with Crippen molar-refractivity contribution in [1.82, 2.24) is 15.1 Å². The number of carbonyl (C=O) groups is 2. The molecule has 2 amide bonds. The standard InChI is InChI=1S/C20H29N3O4/c1-26-16-7-6-15(18(12-16)27-2)14-23-11-8-21-20(25)17(23)13-19(24)22-9-4-3-5-10-22/h6-7,12,17H,3-5,8-11,13-14H2,1-2H3,(H,21,25)/t17-/m0/s1. The van der Waals surface area contributed by atoms with Crippen molar-refractivity contribution in [3.8, 4) is 11.5 Å². The first-order chi connectivity index (χ1) is 13.1. The number of piperazine rings is 1. The molecule has 0 spiro atoms. The fourth-order valence-corrected chi connectivity index (χ4v) is 3.81.